The van der Waals surface area contributed by atoms with Crippen LogP contribution in [0, 0.1) is 5.92 Å². The average Bonchev–Trinajstić information content (AvgIpc) is 2.28. The summed E-state index contributed by atoms with van der Waals surface area (Å²) in [4.78, 5) is 24.7. The molecule has 1 fully saturated rings. The number of hydrogen-bond donors (Lipinski definition) is 2. The van der Waals surface area contributed by atoms with Crippen molar-refractivity contribution in [1.29, 1.82) is 0 Å². The number of ether oxygens (including phenoxy) is 1. The van der Waals surface area contributed by atoms with E-state index < -0.39 is 12.0 Å². The summed E-state index contributed by atoms with van der Waals surface area (Å²) in [5.41, 5.74) is 0. The molecule has 1 rings (SSSR count). The lowest BCUT2D eigenvalue weighted by molar-refractivity contribution is -0.140. The Bertz CT molecular complexity index is 319. The molecule has 18 heavy (non-hydrogen) atoms. The number of hydrogen-bond acceptors (Lipinski definition) is 3. The SMILES string of the molecule is CC1CN(C(=O)N[C@H](C(=O)O)C(C)C)C(C)CO1. The number of amides is 2. The third-order valence-corrected chi connectivity index (χ3v) is 3.08. The number of rotatable bonds is 3. The lowest BCUT2D eigenvalue weighted by Crippen LogP contribution is -2.57. The van der Waals surface area contributed by atoms with Gasteiger partial charge in [0, 0.05) is 6.54 Å². The van der Waals surface area contributed by atoms with Gasteiger partial charge < -0.3 is 20.1 Å². The van der Waals surface area contributed by atoms with Gasteiger partial charge in [0.1, 0.15) is 6.04 Å². The molecule has 0 aliphatic carbocycles. The van der Waals surface area contributed by atoms with E-state index in [9.17, 15) is 9.59 Å². The van der Waals surface area contributed by atoms with Crippen LogP contribution < -0.4 is 5.32 Å². The monoisotopic (exact) mass is 258 g/mol. The van der Waals surface area contributed by atoms with Gasteiger partial charge in [0.25, 0.3) is 0 Å². The van der Waals surface area contributed by atoms with Crippen molar-refractivity contribution in [2.24, 2.45) is 5.92 Å². The molecule has 6 heteroatoms. The van der Waals surface area contributed by atoms with Crippen LogP contribution in [0.1, 0.15) is 27.7 Å². The first kappa shape index (κ1) is 14.8. The van der Waals surface area contributed by atoms with Crippen molar-refractivity contribution in [2.75, 3.05) is 13.2 Å². The first-order valence-corrected chi connectivity index (χ1v) is 6.24. The van der Waals surface area contributed by atoms with E-state index in [0.717, 1.165) is 0 Å². The van der Waals surface area contributed by atoms with Crippen molar-refractivity contribution in [1.82, 2.24) is 10.2 Å². The molecule has 2 N–H and O–H groups in total. The zero-order valence-electron chi connectivity index (χ0n) is 11.3. The van der Waals surface area contributed by atoms with Gasteiger partial charge in [-0.25, -0.2) is 9.59 Å². The lowest BCUT2D eigenvalue weighted by atomic mass is 10.1. The van der Waals surface area contributed by atoms with Crippen LogP contribution in [-0.4, -0.2) is 53.3 Å². The van der Waals surface area contributed by atoms with Gasteiger partial charge in [-0.05, 0) is 19.8 Å². The number of carboxylic acids is 1. The van der Waals surface area contributed by atoms with Crippen LogP contribution in [0.4, 0.5) is 4.79 Å². The Labute approximate surface area is 107 Å². The van der Waals surface area contributed by atoms with Gasteiger partial charge in [0.2, 0.25) is 0 Å². The normalized spacial score (nSPS) is 25.9. The molecule has 0 aromatic rings. The van der Waals surface area contributed by atoms with Gasteiger partial charge in [0.15, 0.2) is 0 Å². The Morgan fingerprint density at radius 1 is 1.39 bits per heavy atom. The van der Waals surface area contributed by atoms with Crippen molar-refractivity contribution in [2.45, 2.75) is 45.9 Å². The van der Waals surface area contributed by atoms with E-state index in [-0.39, 0.29) is 24.1 Å². The molecule has 0 radical (unpaired) electrons. The molecule has 2 unspecified atom stereocenters. The third kappa shape index (κ3) is 3.60. The number of nitrogens with zero attached hydrogens (tertiary/aromatic N) is 1. The molecule has 1 aliphatic rings. The summed E-state index contributed by atoms with van der Waals surface area (Å²) < 4.78 is 5.43. The Hall–Kier alpha value is -1.30. The summed E-state index contributed by atoms with van der Waals surface area (Å²) in [5.74, 6) is -1.16. The van der Waals surface area contributed by atoms with Gasteiger partial charge in [-0.1, -0.05) is 13.8 Å². The van der Waals surface area contributed by atoms with Crippen molar-refractivity contribution in [3.8, 4) is 0 Å². The van der Waals surface area contributed by atoms with E-state index in [1.165, 1.54) is 0 Å². The van der Waals surface area contributed by atoms with Crippen molar-refractivity contribution in [3.63, 3.8) is 0 Å². The van der Waals surface area contributed by atoms with Crippen LogP contribution in [0.3, 0.4) is 0 Å². The zero-order chi connectivity index (χ0) is 13.9. The lowest BCUT2D eigenvalue weighted by Gasteiger charge is -2.37. The van der Waals surface area contributed by atoms with E-state index in [0.29, 0.717) is 13.2 Å². The highest BCUT2D eigenvalue weighted by Crippen LogP contribution is 2.12. The highest BCUT2D eigenvalue weighted by Gasteiger charge is 2.31. The van der Waals surface area contributed by atoms with Crippen LogP contribution in [0.5, 0.6) is 0 Å². The first-order valence-electron chi connectivity index (χ1n) is 6.24. The third-order valence-electron chi connectivity index (χ3n) is 3.08. The van der Waals surface area contributed by atoms with Crippen LogP contribution in [0.25, 0.3) is 0 Å². The van der Waals surface area contributed by atoms with E-state index >= 15 is 0 Å². The number of nitrogens with one attached hydrogen (secondary N) is 1. The summed E-state index contributed by atoms with van der Waals surface area (Å²) in [6.07, 6.45) is -0.0192. The van der Waals surface area contributed by atoms with Gasteiger partial charge in [-0.2, -0.15) is 0 Å². The first-order chi connectivity index (χ1) is 8.32. The maximum absolute atomic E-state index is 12.1. The second-order valence-corrected chi connectivity index (χ2v) is 5.15. The van der Waals surface area contributed by atoms with Crippen LogP contribution in [0.2, 0.25) is 0 Å². The van der Waals surface area contributed by atoms with Gasteiger partial charge >= 0.3 is 12.0 Å². The molecular weight excluding hydrogens is 236 g/mol. The fourth-order valence-corrected chi connectivity index (χ4v) is 1.92. The maximum Gasteiger partial charge on any atom is 0.326 e. The smallest absolute Gasteiger partial charge is 0.326 e. The second-order valence-electron chi connectivity index (χ2n) is 5.15. The van der Waals surface area contributed by atoms with E-state index in [1.54, 1.807) is 18.7 Å². The zero-order valence-corrected chi connectivity index (χ0v) is 11.3. The summed E-state index contributed by atoms with van der Waals surface area (Å²) in [6.45, 7) is 8.28. The minimum Gasteiger partial charge on any atom is -0.480 e. The Balaban J connectivity index is 2.65. The molecule has 6 nitrogen and oxygen atoms in total. The van der Waals surface area contributed by atoms with E-state index in [1.807, 2.05) is 13.8 Å². The highest BCUT2D eigenvalue weighted by atomic mass is 16.5. The number of urea groups is 1. The number of aliphatic carboxylic acids is 1. The molecule has 0 aromatic carbocycles. The number of carboxylic acid groups (broad SMARTS) is 1. The molecule has 0 spiro atoms. The van der Waals surface area contributed by atoms with Crippen LogP contribution in [0.15, 0.2) is 0 Å². The summed E-state index contributed by atoms with van der Waals surface area (Å²) in [6, 6.07) is -1.23. The summed E-state index contributed by atoms with van der Waals surface area (Å²) >= 11 is 0. The molecule has 0 aromatic heterocycles. The molecule has 1 heterocycles. The van der Waals surface area contributed by atoms with E-state index in [4.69, 9.17) is 9.84 Å². The van der Waals surface area contributed by atoms with Crippen LogP contribution in [-0.2, 0) is 9.53 Å². The average molecular weight is 258 g/mol. The van der Waals surface area contributed by atoms with Gasteiger partial charge in [-0.3, -0.25) is 0 Å². The largest absolute Gasteiger partial charge is 0.480 e. The molecular formula is C12H22N2O4. The topological polar surface area (TPSA) is 78.9 Å². The molecule has 3 atom stereocenters. The van der Waals surface area contributed by atoms with Crippen LogP contribution >= 0.6 is 0 Å². The molecule has 0 saturated carbocycles. The van der Waals surface area contributed by atoms with Crippen molar-refractivity contribution >= 4 is 12.0 Å². The minimum absolute atomic E-state index is 0.0192. The summed E-state index contributed by atoms with van der Waals surface area (Å²) in [5, 5.41) is 11.6. The Morgan fingerprint density at radius 3 is 2.50 bits per heavy atom. The predicted octanol–water partition coefficient (Wildman–Crippen LogP) is 0.914. The molecule has 104 valence electrons. The molecule has 2 amide bonds. The quantitative estimate of drug-likeness (QED) is 0.788. The fourth-order valence-electron chi connectivity index (χ4n) is 1.92. The summed E-state index contributed by atoms with van der Waals surface area (Å²) in [7, 11) is 0. The number of carbonyl (C=O) groups is 2. The van der Waals surface area contributed by atoms with E-state index in [2.05, 4.69) is 5.32 Å². The van der Waals surface area contributed by atoms with Crippen molar-refractivity contribution in [3.05, 3.63) is 0 Å². The fraction of sp³-hybridized carbons (Fsp3) is 0.833. The minimum atomic E-state index is -1.01. The van der Waals surface area contributed by atoms with Crippen molar-refractivity contribution < 1.29 is 19.4 Å². The molecule has 1 aliphatic heterocycles. The maximum atomic E-state index is 12.1. The predicted molar refractivity (Wildman–Crippen MR) is 66.4 cm³/mol. The Morgan fingerprint density at radius 2 is 2.00 bits per heavy atom. The molecule has 1 saturated heterocycles. The van der Waals surface area contributed by atoms with Gasteiger partial charge in [-0.15, -0.1) is 0 Å². The second kappa shape index (κ2) is 6.04. The molecule has 0 bridgehead atoms. The van der Waals surface area contributed by atoms with Gasteiger partial charge in [0.05, 0.1) is 18.8 Å². The number of carbonyl (C=O) groups excluding carboxylic acids is 1. The number of morpholine rings is 1. The Kier molecular flexibility index (Phi) is 4.95. The highest BCUT2D eigenvalue weighted by molar-refractivity contribution is 5.83. The standard InChI is InChI=1S/C12H22N2O4/c1-7(2)10(11(15)16)13-12(17)14-5-9(4)18-6-8(14)3/h7-10H,5-6H2,1-4H3,(H,13,17)(H,15,16)/t8?,9?,10-/m0/s1.